The highest BCUT2D eigenvalue weighted by molar-refractivity contribution is 6.34. The molecule has 1 atom stereocenters. The minimum absolute atomic E-state index is 0.0305. The van der Waals surface area contributed by atoms with Gasteiger partial charge < -0.3 is 5.32 Å². The van der Waals surface area contributed by atoms with Gasteiger partial charge in [0.05, 0.1) is 10.7 Å². The van der Waals surface area contributed by atoms with E-state index in [1.54, 1.807) is 24.3 Å². The van der Waals surface area contributed by atoms with Crippen LogP contribution in [0, 0.1) is 0 Å². The number of rotatable bonds is 3. The molecule has 18 heavy (non-hydrogen) atoms. The van der Waals surface area contributed by atoms with E-state index in [4.69, 9.17) is 11.6 Å². The van der Waals surface area contributed by atoms with Crippen molar-refractivity contribution < 1.29 is 9.59 Å². The molecule has 2 amide bonds. The van der Waals surface area contributed by atoms with Crippen LogP contribution in [0.3, 0.4) is 0 Å². The normalized spacial score (nSPS) is 19.9. The minimum Gasteiger partial charge on any atom is -0.343 e. The van der Waals surface area contributed by atoms with Gasteiger partial charge >= 0.3 is 0 Å². The maximum absolute atomic E-state index is 12.3. The molecule has 4 nitrogen and oxygen atoms in total. The number of hydrogen-bond acceptors (Lipinski definition) is 2. The Kier molecular flexibility index (Phi) is 3.87. The number of halogens is 1. The van der Waals surface area contributed by atoms with E-state index in [9.17, 15) is 9.59 Å². The van der Waals surface area contributed by atoms with Gasteiger partial charge in [-0.3, -0.25) is 14.5 Å². The molecule has 1 aliphatic rings. The molecule has 1 aromatic rings. The average molecular weight is 267 g/mol. The molecule has 1 heterocycles. The average Bonchev–Trinajstić information content (AvgIpc) is 2.34. The molecule has 96 valence electrons. The van der Waals surface area contributed by atoms with Gasteiger partial charge in [0.1, 0.15) is 12.6 Å². The van der Waals surface area contributed by atoms with Crippen LogP contribution < -0.4 is 10.2 Å². The first-order valence-electron chi connectivity index (χ1n) is 5.98. The van der Waals surface area contributed by atoms with E-state index in [-0.39, 0.29) is 18.4 Å². The summed E-state index contributed by atoms with van der Waals surface area (Å²) in [6, 6.07) is 6.63. The van der Waals surface area contributed by atoms with Crippen LogP contribution in [0.5, 0.6) is 0 Å². The Labute approximate surface area is 111 Å². The van der Waals surface area contributed by atoms with Crippen molar-refractivity contribution in [2.24, 2.45) is 0 Å². The first-order valence-corrected chi connectivity index (χ1v) is 6.36. The number of nitrogens with one attached hydrogen (secondary N) is 1. The Morgan fingerprint density at radius 3 is 2.78 bits per heavy atom. The number of hydrogen-bond donors (Lipinski definition) is 1. The Morgan fingerprint density at radius 1 is 1.39 bits per heavy atom. The van der Waals surface area contributed by atoms with Crippen LogP contribution in [0.25, 0.3) is 0 Å². The summed E-state index contributed by atoms with van der Waals surface area (Å²) in [7, 11) is 0. The molecule has 0 aliphatic carbocycles. The Hall–Kier alpha value is -1.55. The smallest absolute Gasteiger partial charge is 0.250 e. The van der Waals surface area contributed by atoms with Gasteiger partial charge in [0.25, 0.3) is 0 Å². The zero-order valence-electron chi connectivity index (χ0n) is 10.1. The van der Waals surface area contributed by atoms with Crippen LogP contribution in [0.4, 0.5) is 5.69 Å². The van der Waals surface area contributed by atoms with Crippen LogP contribution >= 0.6 is 11.6 Å². The lowest BCUT2D eigenvalue weighted by Gasteiger charge is -2.32. The summed E-state index contributed by atoms with van der Waals surface area (Å²) >= 11 is 6.07. The third-order valence-corrected chi connectivity index (χ3v) is 3.24. The Balaban J connectivity index is 2.29. The van der Waals surface area contributed by atoms with Crippen molar-refractivity contribution in [3.63, 3.8) is 0 Å². The lowest BCUT2D eigenvalue weighted by atomic mass is 10.1. The maximum atomic E-state index is 12.3. The maximum Gasteiger partial charge on any atom is 0.250 e. The van der Waals surface area contributed by atoms with Crippen molar-refractivity contribution in [3.8, 4) is 0 Å². The SMILES string of the molecule is CCCC1NC(=O)CN(c2ccccc2Cl)C1=O. The van der Waals surface area contributed by atoms with Gasteiger partial charge in [0.15, 0.2) is 0 Å². The number of amides is 2. The van der Waals surface area contributed by atoms with Crippen LogP contribution in [0.1, 0.15) is 19.8 Å². The molecule has 0 aromatic heterocycles. The minimum atomic E-state index is -0.437. The summed E-state index contributed by atoms with van der Waals surface area (Å²) in [5.74, 6) is -0.238. The van der Waals surface area contributed by atoms with Gasteiger partial charge in [-0.15, -0.1) is 0 Å². The van der Waals surface area contributed by atoms with E-state index < -0.39 is 6.04 Å². The summed E-state index contributed by atoms with van der Waals surface area (Å²) in [5.41, 5.74) is 0.597. The highest BCUT2D eigenvalue weighted by Gasteiger charge is 2.33. The molecule has 1 unspecified atom stereocenters. The van der Waals surface area contributed by atoms with E-state index in [0.717, 1.165) is 6.42 Å². The molecule has 0 spiro atoms. The molecule has 2 rings (SSSR count). The van der Waals surface area contributed by atoms with Crippen molar-refractivity contribution >= 4 is 29.1 Å². The molecule has 1 aromatic carbocycles. The van der Waals surface area contributed by atoms with Crippen molar-refractivity contribution in [1.82, 2.24) is 5.32 Å². The summed E-state index contributed by atoms with van der Waals surface area (Å²) < 4.78 is 0. The number of anilines is 1. The molecular weight excluding hydrogens is 252 g/mol. The number of carbonyl (C=O) groups excluding carboxylic acids is 2. The molecule has 1 saturated heterocycles. The predicted octanol–water partition coefficient (Wildman–Crippen LogP) is 1.97. The molecule has 1 aliphatic heterocycles. The van der Waals surface area contributed by atoms with Crippen LogP contribution in [-0.2, 0) is 9.59 Å². The van der Waals surface area contributed by atoms with E-state index >= 15 is 0 Å². The second-order valence-corrected chi connectivity index (χ2v) is 4.69. The highest BCUT2D eigenvalue weighted by atomic mass is 35.5. The molecule has 5 heteroatoms. The van der Waals surface area contributed by atoms with Crippen LogP contribution in [-0.4, -0.2) is 24.4 Å². The number of nitrogens with zero attached hydrogens (tertiary/aromatic N) is 1. The number of para-hydroxylation sites is 1. The number of piperazine rings is 1. The number of carbonyl (C=O) groups is 2. The predicted molar refractivity (Wildman–Crippen MR) is 70.6 cm³/mol. The topological polar surface area (TPSA) is 49.4 Å². The number of benzene rings is 1. The lowest BCUT2D eigenvalue weighted by molar-refractivity contribution is -0.131. The standard InChI is InChI=1S/C13H15ClN2O2/c1-2-5-10-13(18)16(8-12(17)15-10)11-7-4-3-6-9(11)14/h3-4,6-7,10H,2,5,8H2,1H3,(H,15,17). The van der Waals surface area contributed by atoms with Gasteiger partial charge in [-0.05, 0) is 18.6 Å². The molecule has 1 N–H and O–H groups in total. The first kappa shape index (κ1) is 12.9. The van der Waals surface area contributed by atoms with Gasteiger partial charge in [0, 0.05) is 0 Å². The van der Waals surface area contributed by atoms with Crippen LogP contribution in [0.15, 0.2) is 24.3 Å². The third kappa shape index (κ3) is 2.48. The van der Waals surface area contributed by atoms with E-state index in [1.165, 1.54) is 4.90 Å². The molecule has 1 fully saturated rings. The summed E-state index contributed by atoms with van der Waals surface area (Å²) in [5, 5.41) is 3.20. The van der Waals surface area contributed by atoms with Crippen molar-refractivity contribution in [2.45, 2.75) is 25.8 Å². The van der Waals surface area contributed by atoms with E-state index in [2.05, 4.69) is 5.32 Å². The lowest BCUT2D eigenvalue weighted by Crippen LogP contribution is -2.58. The van der Waals surface area contributed by atoms with Crippen LogP contribution in [0.2, 0.25) is 5.02 Å². The quantitative estimate of drug-likeness (QED) is 0.909. The van der Waals surface area contributed by atoms with Gasteiger partial charge in [-0.25, -0.2) is 0 Å². The fraction of sp³-hybridized carbons (Fsp3) is 0.385. The summed E-state index contributed by atoms with van der Waals surface area (Å²) in [6.07, 6.45) is 1.48. The highest BCUT2D eigenvalue weighted by Crippen LogP contribution is 2.27. The summed E-state index contributed by atoms with van der Waals surface area (Å²) in [6.45, 7) is 2.01. The summed E-state index contributed by atoms with van der Waals surface area (Å²) in [4.78, 5) is 25.4. The largest absolute Gasteiger partial charge is 0.343 e. The monoisotopic (exact) mass is 266 g/mol. The van der Waals surface area contributed by atoms with Gasteiger partial charge in [-0.1, -0.05) is 37.1 Å². The zero-order chi connectivity index (χ0) is 13.1. The molecule has 0 bridgehead atoms. The molecule has 0 radical (unpaired) electrons. The fourth-order valence-corrected chi connectivity index (χ4v) is 2.31. The van der Waals surface area contributed by atoms with E-state index in [0.29, 0.717) is 17.1 Å². The fourth-order valence-electron chi connectivity index (χ4n) is 2.07. The first-order chi connectivity index (χ1) is 8.63. The van der Waals surface area contributed by atoms with Crippen molar-refractivity contribution in [1.29, 1.82) is 0 Å². The van der Waals surface area contributed by atoms with Gasteiger partial charge in [0.2, 0.25) is 11.8 Å². The Bertz CT molecular complexity index is 476. The zero-order valence-corrected chi connectivity index (χ0v) is 10.9. The Morgan fingerprint density at radius 2 is 2.11 bits per heavy atom. The van der Waals surface area contributed by atoms with Gasteiger partial charge in [-0.2, -0.15) is 0 Å². The van der Waals surface area contributed by atoms with E-state index in [1.807, 2.05) is 6.92 Å². The second kappa shape index (κ2) is 5.40. The van der Waals surface area contributed by atoms with Crippen molar-refractivity contribution in [3.05, 3.63) is 29.3 Å². The van der Waals surface area contributed by atoms with Crippen molar-refractivity contribution in [2.75, 3.05) is 11.4 Å². The second-order valence-electron chi connectivity index (χ2n) is 4.28. The third-order valence-electron chi connectivity index (χ3n) is 2.92. The molecular formula is C13H15ClN2O2. The molecule has 0 saturated carbocycles.